The van der Waals surface area contributed by atoms with Crippen LogP contribution in [0.4, 0.5) is 0 Å². The Hall–Kier alpha value is -0.120. The molecule has 0 saturated carbocycles. The van der Waals surface area contributed by atoms with Crippen molar-refractivity contribution in [2.45, 2.75) is 47.1 Å². The van der Waals surface area contributed by atoms with E-state index in [1.54, 1.807) is 0 Å². The molecule has 2 rings (SSSR count). The maximum atomic E-state index is 5.32. The Kier molecular flexibility index (Phi) is 8.02. The van der Waals surface area contributed by atoms with Crippen LogP contribution in [0.1, 0.15) is 41.0 Å². The molecule has 1 spiro atoms. The quantitative estimate of drug-likeness (QED) is 0.676. The van der Waals surface area contributed by atoms with E-state index >= 15 is 0 Å². The molecule has 2 heterocycles. The monoisotopic (exact) mass is 217 g/mol. The molecule has 3 heteroatoms. The van der Waals surface area contributed by atoms with Gasteiger partial charge in [0.05, 0.1) is 13.2 Å². The summed E-state index contributed by atoms with van der Waals surface area (Å²) < 4.78 is 10.6. The fraction of sp³-hybridized carbons (Fsp3) is 1.00. The molecule has 2 aliphatic rings. The van der Waals surface area contributed by atoms with Crippen LogP contribution in [-0.4, -0.2) is 32.6 Å². The standard InChI is InChI=1S/C8H15NO2.2C2H6/c1-7-8(2-3-9-7)4-10-6-11-5-8;2*1-2/h7,9H,2-6H2,1H3;2*1-2H3. The van der Waals surface area contributed by atoms with Crippen LogP contribution in [0.25, 0.3) is 0 Å². The second-order valence-electron chi connectivity index (χ2n) is 3.60. The van der Waals surface area contributed by atoms with Crippen LogP contribution in [0.3, 0.4) is 0 Å². The molecular weight excluding hydrogens is 190 g/mol. The first kappa shape index (κ1) is 14.9. The number of ether oxygens (including phenoxy) is 2. The highest BCUT2D eigenvalue weighted by molar-refractivity contribution is 4.95. The maximum absolute atomic E-state index is 5.32. The van der Waals surface area contributed by atoms with Crippen LogP contribution in [0.2, 0.25) is 0 Å². The van der Waals surface area contributed by atoms with Crippen molar-refractivity contribution in [3.05, 3.63) is 0 Å². The van der Waals surface area contributed by atoms with Crippen molar-refractivity contribution in [2.75, 3.05) is 26.6 Å². The molecule has 3 nitrogen and oxygen atoms in total. The number of nitrogens with one attached hydrogen (secondary N) is 1. The maximum Gasteiger partial charge on any atom is 0.146 e. The first-order valence-electron chi connectivity index (χ1n) is 6.22. The van der Waals surface area contributed by atoms with E-state index in [1.165, 1.54) is 6.42 Å². The third-order valence-corrected chi connectivity index (χ3v) is 2.94. The molecule has 0 aromatic carbocycles. The Morgan fingerprint density at radius 2 is 1.60 bits per heavy atom. The lowest BCUT2D eigenvalue weighted by molar-refractivity contribution is -0.165. The van der Waals surface area contributed by atoms with Crippen LogP contribution in [0, 0.1) is 5.41 Å². The zero-order valence-electron chi connectivity index (χ0n) is 10.9. The first-order chi connectivity index (χ1) is 7.33. The highest BCUT2D eigenvalue weighted by atomic mass is 16.7. The van der Waals surface area contributed by atoms with Crippen molar-refractivity contribution in [1.82, 2.24) is 5.32 Å². The van der Waals surface area contributed by atoms with Crippen molar-refractivity contribution in [2.24, 2.45) is 5.41 Å². The molecule has 0 amide bonds. The van der Waals surface area contributed by atoms with Crippen LogP contribution >= 0.6 is 0 Å². The lowest BCUT2D eigenvalue weighted by atomic mass is 9.82. The summed E-state index contributed by atoms with van der Waals surface area (Å²) >= 11 is 0. The molecule has 1 N–H and O–H groups in total. The fourth-order valence-electron chi connectivity index (χ4n) is 1.96. The smallest absolute Gasteiger partial charge is 0.146 e. The number of hydrogen-bond donors (Lipinski definition) is 1. The van der Waals surface area contributed by atoms with E-state index < -0.39 is 0 Å². The average Bonchev–Trinajstić information content (AvgIpc) is 2.67. The number of rotatable bonds is 0. The van der Waals surface area contributed by atoms with E-state index in [9.17, 15) is 0 Å². The minimum Gasteiger partial charge on any atom is -0.355 e. The van der Waals surface area contributed by atoms with Gasteiger partial charge in [0.1, 0.15) is 6.79 Å². The summed E-state index contributed by atoms with van der Waals surface area (Å²) in [7, 11) is 0. The molecule has 2 fully saturated rings. The van der Waals surface area contributed by atoms with Crippen molar-refractivity contribution >= 4 is 0 Å². The van der Waals surface area contributed by atoms with E-state index in [0.29, 0.717) is 12.8 Å². The second-order valence-corrected chi connectivity index (χ2v) is 3.60. The SMILES string of the molecule is CC.CC.CC1NCCC12COCOC2. The topological polar surface area (TPSA) is 30.5 Å². The van der Waals surface area contributed by atoms with E-state index in [2.05, 4.69) is 12.2 Å². The van der Waals surface area contributed by atoms with Gasteiger partial charge in [0.2, 0.25) is 0 Å². The largest absolute Gasteiger partial charge is 0.355 e. The van der Waals surface area contributed by atoms with Crippen molar-refractivity contribution in [3.63, 3.8) is 0 Å². The molecule has 0 bridgehead atoms. The van der Waals surface area contributed by atoms with Gasteiger partial charge in [-0.1, -0.05) is 27.7 Å². The van der Waals surface area contributed by atoms with Gasteiger partial charge in [0, 0.05) is 11.5 Å². The average molecular weight is 217 g/mol. The van der Waals surface area contributed by atoms with E-state index in [1.807, 2.05) is 27.7 Å². The van der Waals surface area contributed by atoms with Gasteiger partial charge in [-0.3, -0.25) is 0 Å². The summed E-state index contributed by atoms with van der Waals surface area (Å²) in [6, 6.07) is 0.544. The van der Waals surface area contributed by atoms with Crippen LogP contribution in [-0.2, 0) is 9.47 Å². The highest BCUT2D eigenvalue weighted by Crippen LogP contribution is 2.33. The van der Waals surface area contributed by atoms with Gasteiger partial charge in [-0.2, -0.15) is 0 Å². The molecule has 2 aliphatic heterocycles. The zero-order chi connectivity index (χ0) is 11.7. The van der Waals surface area contributed by atoms with Gasteiger partial charge >= 0.3 is 0 Å². The van der Waals surface area contributed by atoms with Crippen LogP contribution < -0.4 is 5.32 Å². The summed E-state index contributed by atoms with van der Waals surface area (Å²) in [6.07, 6.45) is 1.19. The molecule has 0 radical (unpaired) electrons. The Morgan fingerprint density at radius 3 is 2.00 bits per heavy atom. The third kappa shape index (κ3) is 3.74. The zero-order valence-corrected chi connectivity index (χ0v) is 10.9. The molecule has 0 aromatic heterocycles. The third-order valence-electron chi connectivity index (χ3n) is 2.94. The normalized spacial score (nSPS) is 27.4. The van der Waals surface area contributed by atoms with E-state index in [-0.39, 0.29) is 5.41 Å². The molecule has 0 aliphatic carbocycles. The summed E-state index contributed by atoms with van der Waals surface area (Å²) in [5.41, 5.74) is 0.276. The van der Waals surface area contributed by atoms with Crippen molar-refractivity contribution in [1.29, 1.82) is 0 Å². The molecular formula is C12H27NO2. The van der Waals surface area contributed by atoms with Gasteiger partial charge in [0.25, 0.3) is 0 Å². The minimum absolute atomic E-state index is 0.276. The Morgan fingerprint density at radius 1 is 1.07 bits per heavy atom. The van der Waals surface area contributed by atoms with Crippen molar-refractivity contribution < 1.29 is 9.47 Å². The summed E-state index contributed by atoms with van der Waals surface area (Å²) in [5.74, 6) is 0. The predicted molar refractivity (Wildman–Crippen MR) is 64.0 cm³/mol. The predicted octanol–water partition coefficient (Wildman–Crippen LogP) is 2.41. The van der Waals surface area contributed by atoms with Crippen molar-refractivity contribution in [3.8, 4) is 0 Å². The van der Waals surface area contributed by atoms with Crippen LogP contribution in [0.5, 0.6) is 0 Å². The molecule has 1 atom stereocenters. The van der Waals surface area contributed by atoms with Gasteiger partial charge in [-0.25, -0.2) is 0 Å². The number of hydrogen-bond acceptors (Lipinski definition) is 3. The minimum atomic E-state index is 0.276. The summed E-state index contributed by atoms with van der Waals surface area (Å²) in [4.78, 5) is 0. The van der Waals surface area contributed by atoms with Gasteiger partial charge in [-0.15, -0.1) is 0 Å². The lowest BCUT2D eigenvalue weighted by Gasteiger charge is -2.36. The lowest BCUT2D eigenvalue weighted by Crippen LogP contribution is -2.44. The molecule has 1 unspecified atom stereocenters. The van der Waals surface area contributed by atoms with E-state index in [0.717, 1.165) is 19.8 Å². The Bertz CT molecular complexity index is 145. The molecule has 92 valence electrons. The summed E-state index contributed by atoms with van der Waals surface area (Å²) in [6.45, 7) is 13.5. The first-order valence-corrected chi connectivity index (χ1v) is 6.22. The summed E-state index contributed by atoms with van der Waals surface area (Å²) in [5, 5.41) is 3.42. The van der Waals surface area contributed by atoms with Gasteiger partial charge in [-0.05, 0) is 19.9 Å². The highest BCUT2D eigenvalue weighted by Gasteiger charge is 2.42. The second kappa shape index (κ2) is 8.08. The van der Waals surface area contributed by atoms with Gasteiger partial charge < -0.3 is 14.8 Å². The molecule has 2 saturated heterocycles. The Balaban J connectivity index is 0.000000442. The molecule has 15 heavy (non-hydrogen) atoms. The molecule has 0 aromatic rings. The van der Waals surface area contributed by atoms with Crippen LogP contribution in [0.15, 0.2) is 0 Å². The van der Waals surface area contributed by atoms with Gasteiger partial charge in [0.15, 0.2) is 0 Å². The Labute approximate surface area is 94.5 Å². The van der Waals surface area contributed by atoms with E-state index in [4.69, 9.17) is 9.47 Å². The fourth-order valence-corrected chi connectivity index (χ4v) is 1.96.